The standard InChI is InChI=1S/C38H43N3O7/c1-27(11-10-16-34(43)39(23-24-42)26-28-12-4-3-5-13-28)38(47)31-25-30(41-32-15-7-6-14-29(32)18-21-35(41)44)19-20-33(31)40(37(38)46)22-9-8-17-36(45)48-2/h3-7,10-15,19-20,25,27,42,47H,8-9,16-18,21-24,26H2,1-2H3/b11-10+/t27-,38+/m1/s1. The molecule has 3 aromatic rings. The number of para-hydroxylation sites is 1. The molecule has 0 saturated heterocycles. The maximum atomic E-state index is 14.1. The zero-order valence-corrected chi connectivity index (χ0v) is 27.5. The second-order valence-corrected chi connectivity index (χ2v) is 12.3. The highest BCUT2D eigenvalue weighted by Gasteiger charge is 2.52. The highest BCUT2D eigenvalue weighted by molar-refractivity contribution is 6.09. The first-order chi connectivity index (χ1) is 23.2. The van der Waals surface area contributed by atoms with Crippen LogP contribution in [0.5, 0.6) is 0 Å². The molecule has 0 aliphatic carbocycles. The number of ether oxygens (including phenoxy) is 1. The average molecular weight is 654 g/mol. The molecule has 5 rings (SSSR count). The van der Waals surface area contributed by atoms with Gasteiger partial charge in [-0.05, 0) is 54.7 Å². The van der Waals surface area contributed by atoms with E-state index in [0.717, 1.165) is 16.8 Å². The predicted octanol–water partition coefficient (Wildman–Crippen LogP) is 4.78. The van der Waals surface area contributed by atoms with E-state index in [4.69, 9.17) is 4.74 Å². The molecule has 10 heteroatoms. The molecule has 10 nitrogen and oxygen atoms in total. The second-order valence-electron chi connectivity index (χ2n) is 12.3. The van der Waals surface area contributed by atoms with Crippen LogP contribution in [0.15, 0.2) is 84.9 Å². The Hall–Kier alpha value is -4.80. The lowest BCUT2D eigenvalue weighted by molar-refractivity contribution is -0.140. The molecule has 48 heavy (non-hydrogen) atoms. The lowest BCUT2D eigenvalue weighted by Gasteiger charge is -2.31. The van der Waals surface area contributed by atoms with Gasteiger partial charge in [0.2, 0.25) is 11.8 Å². The van der Waals surface area contributed by atoms with E-state index in [-0.39, 0.29) is 50.3 Å². The summed E-state index contributed by atoms with van der Waals surface area (Å²) < 4.78 is 4.74. The number of carbonyl (C=O) groups excluding carboxylic acids is 4. The van der Waals surface area contributed by atoms with Crippen molar-refractivity contribution >= 4 is 40.8 Å². The summed E-state index contributed by atoms with van der Waals surface area (Å²) in [5, 5.41) is 21.9. The van der Waals surface area contributed by atoms with Crippen LogP contribution in [0.25, 0.3) is 0 Å². The topological polar surface area (TPSA) is 128 Å². The summed E-state index contributed by atoms with van der Waals surface area (Å²) in [7, 11) is 1.33. The van der Waals surface area contributed by atoms with Gasteiger partial charge < -0.3 is 24.7 Å². The minimum Gasteiger partial charge on any atom is -0.469 e. The Labute approximate surface area is 281 Å². The van der Waals surface area contributed by atoms with Gasteiger partial charge in [-0.2, -0.15) is 0 Å². The molecule has 0 saturated carbocycles. The number of hydrogen-bond donors (Lipinski definition) is 2. The van der Waals surface area contributed by atoms with E-state index in [1.165, 1.54) is 7.11 Å². The van der Waals surface area contributed by atoms with Gasteiger partial charge in [0.25, 0.3) is 5.91 Å². The molecule has 2 atom stereocenters. The maximum Gasteiger partial charge on any atom is 0.305 e. The number of rotatable bonds is 14. The monoisotopic (exact) mass is 653 g/mol. The Morgan fingerprint density at radius 2 is 1.75 bits per heavy atom. The number of methoxy groups -OCH3 is 1. The molecule has 0 spiro atoms. The van der Waals surface area contributed by atoms with Crippen molar-refractivity contribution in [2.45, 2.75) is 57.6 Å². The summed E-state index contributed by atoms with van der Waals surface area (Å²) >= 11 is 0. The Bertz CT molecular complexity index is 1670. The third-order valence-electron chi connectivity index (χ3n) is 9.16. The minimum absolute atomic E-state index is 0.0185. The van der Waals surface area contributed by atoms with Crippen LogP contribution in [0.3, 0.4) is 0 Å². The molecule has 0 unspecified atom stereocenters. The van der Waals surface area contributed by atoms with E-state index >= 15 is 0 Å². The smallest absolute Gasteiger partial charge is 0.305 e. The fourth-order valence-corrected chi connectivity index (χ4v) is 6.51. The number of hydrogen-bond acceptors (Lipinski definition) is 7. The van der Waals surface area contributed by atoms with Crippen molar-refractivity contribution < 1.29 is 34.1 Å². The van der Waals surface area contributed by atoms with Gasteiger partial charge in [-0.15, -0.1) is 0 Å². The minimum atomic E-state index is -1.97. The summed E-state index contributed by atoms with van der Waals surface area (Å²) in [5.41, 5.74) is 2.25. The largest absolute Gasteiger partial charge is 0.469 e. The van der Waals surface area contributed by atoms with Gasteiger partial charge in [0.05, 0.1) is 25.1 Å². The highest BCUT2D eigenvalue weighted by Crippen LogP contribution is 2.48. The fourth-order valence-electron chi connectivity index (χ4n) is 6.51. The van der Waals surface area contributed by atoms with Crippen LogP contribution in [0.2, 0.25) is 0 Å². The molecule has 0 aromatic heterocycles. The van der Waals surface area contributed by atoms with Crippen LogP contribution in [-0.4, -0.2) is 65.6 Å². The number of esters is 1. The molecular weight excluding hydrogens is 610 g/mol. The lowest BCUT2D eigenvalue weighted by atomic mass is 9.82. The molecule has 2 aliphatic rings. The first-order valence-corrected chi connectivity index (χ1v) is 16.4. The third-order valence-corrected chi connectivity index (χ3v) is 9.16. The SMILES string of the molecule is COC(=O)CCCCN1C(=O)[C@](O)([C@H](C)/C=C/CC(=O)N(CCO)Cc2ccccc2)c2cc(N3C(=O)CCc4ccccc43)ccc21. The summed E-state index contributed by atoms with van der Waals surface area (Å²) in [5.74, 6) is -1.84. The summed E-state index contributed by atoms with van der Waals surface area (Å²) in [6.45, 7) is 2.36. The summed E-state index contributed by atoms with van der Waals surface area (Å²) in [4.78, 5) is 56.9. The van der Waals surface area contributed by atoms with Gasteiger partial charge in [-0.1, -0.05) is 67.6 Å². The number of unbranched alkanes of at least 4 members (excludes halogenated alkanes) is 1. The molecule has 2 N–H and O–H groups in total. The van der Waals surface area contributed by atoms with Crippen molar-refractivity contribution in [2.24, 2.45) is 5.92 Å². The number of fused-ring (bicyclic) bond motifs is 2. The van der Waals surface area contributed by atoms with Crippen LogP contribution < -0.4 is 9.80 Å². The highest BCUT2D eigenvalue weighted by atomic mass is 16.5. The predicted molar refractivity (Wildman–Crippen MR) is 182 cm³/mol. The maximum absolute atomic E-state index is 14.1. The van der Waals surface area contributed by atoms with Crippen molar-refractivity contribution in [3.63, 3.8) is 0 Å². The number of carbonyl (C=O) groups is 4. The quantitative estimate of drug-likeness (QED) is 0.146. The number of aryl methyl sites for hydroxylation is 1. The van der Waals surface area contributed by atoms with Gasteiger partial charge in [0.1, 0.15) is 0 Å². The zero-order chi connectivity index (χ0) is 34.3. The van der Waals surface area contributed by atoms with Gasteiger partial charge >= 0.3 is 5.97 Å². The Balaban J connectivity index is 1.42. The molecule has 3 amide bonds. The molecule has 2 aliphatic heterocycles. The van der Waals surface area contributed by atoms with Crippen LogP contribution in [0.4, 0.5) is 17.1 Å². The molecular formula is C38H43N3O7. The Morgan fingerprint density at radius 1 is 1.00 bits per heavy atom. The normalized spacial score (nSPS) is 17.8. The third kappa shape index (κ3) is 7.19. The molecule has 2 heterocycles. The van der Waals surface area contributed by atoms with Crippen molar-refractivity contribution in [1.82, 2.24) is 4.90 Å². The van der Waals surface area contributed by atoms with E-state index in [1.54, 1.807) is 52.0 Å². The van der Waals surface area contributed by atoms with Crippen molar-refractivity contribution in [3.8, 4) is 0 Å². The number of nitrogens with zero attached hydrogens (tertiary/aromatic N) is 3. The van der Waals surface area contributed by atoms with Gasteiger partial charge in [0, 0.05) is 56.1 Å². The van der Waals surface area contributed by atoms with Crippen LogP contribution in [0.1, 0.15) is 55.7 Å². The van der Waals surface area contributed by atoms with Crippen LogP contribution >= 0.6 is 0 Å². The van der Waals surface area contributed by atoms with Crippen LogP contribution in [0, 0.1) is 5.92 Å². The molecule has 252 valence electrons. The number of benzene rings is 3. The van der Waals surface area contributed by atoms with Crippen molar-refractivity contribution in [3.05, 3.63) is 102 Å². The average Bonchev–Trinajstić information content (AvgIpc) is 3.32. The van der Waals surface area contributed by atoms with Crippen molar-refractivity contribution in [2.75, 3.05) is 36.6 Å². The van der Waals surface area contributed by atoms with E-state index in [0.29, 0.717) is 49.2 Å². The Kier molecular flexibility index (Phi) is 11.1. The number of anilines is 3. The summed E-state index contributed by atoms with van der Waals surface area (Å²) in [6, 6.07) is 22.5. The van der Waals surface area contributed by atoms with Crippen LogP contribution in [-0.2, 0) is 42.5 Å². The first-order valence-electron chi connectivity index (χ1n) is 16.4. The van der Waals surface area contributed by atoms with E-state index in [2.05, 4.69) is 0 Å². The molecule has 3 aromatic carbocycles. The van der Waals surface area contributed by atoms with Crippen molar-refractivity contribution in [1.29, 1.82) is 0 Å². The number of amides is 3. The molecule has 0 radical (unpaired) electrons. The van der Waals surface area contributed by atoms with E-state index < -0.39 is 17.4 Å². The number of aliphatic hydroxyl groups excluding tert-OH is 1. The second kappa shape index (κ2) is 15.4. The van der Waals surface area contributed by atoms with E-state index in [1.807, 2.05) is 54.6 Å². The first kappa shape index (κ1) is 34.5. The van der Waals surface area contributed by atoms with Gasteiger partial charge in [-0.3, -0.25) is 24.1 Å². The van der Waals surface area contributed by atoms with Gasteiger partial charge in [0.15, 0.2) is 5.60 Å². The van der Waals surface area contributed by atoms with Gasteiger partial charge in [-0.25, -0.2) is 0 Å². The fraction of sp³-hybridized carbons (Fsp3) is 0.368. The zero-order valence-electron chi connectivity index (χ0n) is 27.5. The molecule has 0 bridgehead atoms. The number of aliphatic hydroxyl groups is 2. The summed E-state index contributed by atoms with van der Waals surface area (Å²) in [6.07, 6.45) is 5.56. The molecule has 0 fully saturated rings. The Morgan fingerprint density at radius 3 is 2.50 bits per heavy atom. The van der Waals surface area contributed by atoms with E-state index in [9.17, 15) is 29.4 Å². The lowest BCUT2D eigenvalue weighted by Crippen LogP contribution is -2.44.